The van der Waals surface area contributed by atoms with E-state index in [-0.39, 0.29) is 5.91 Å². The van der Waals surface area contributed by atoms with Gasteiger partial charge >= 0.3 is 0 Å². The Kier molecular flexibility index (Phi) is 5.22. The average Bonchev–Trinajstić information content (AvgIpc) is 2.68. The Balaban J connectivity index is 1.74. The van der Waals surface area contributed by atoms with Gasteiger partial charge in [-0.25, -0.2) is 0 Å². The van der Waals surface area contributed by atoms with E-state index in [1.807, 2.05) is 24.3 Å². The molecular weight excluding hydrogens is 332 g/mol. The zero-order chi connectivity index (χ0) is 18.5. The molecule has 1 amide bonds. The molecule has 1 heterocycles. The van der Waals surface area contributed by atoms with Crippen LogP contribution in [0, 0.1) is 0 Å². The van der Waals surface area contributed by atoms with Crippen molar-refractivity contribution in [2.45, 2.75) is 13.0 Å². The number of para-hydroxylation sites is 1. The largest absolute Gasteiger partial charge is 0.493 e. The van der Waals surface area contributed by atoms with Crippen molar-refractivity contribution in [3.05, 3.63) is 54.7 Å². The van der Waals surface area contributed by atoms with E-state index in [1.54, 1.807) is 51.6 Å². The molecule has 2 aromatic carbocycles. The number of amides is 1. The quantitative estimate of drug-likeness (QED) is 0.733. The molecule has 0 fully saturated rings. The summed E-state index contributed by atoms with van der Waals surface area (Å²) in [6.45, 7) is 1.69. The highest BCUT2D eigenvalue weighted by Crippen LogP contribution is 2.30. The van der Waals surface area contributed by atoms with E-state index in [0.29, 0.717) is 22.9 Å². The third-order valence-corrected chi connectivity index (χ3v) is 3.92. The predicted molar refractivity (Wildman–Crippen MR) is 100 cm³/mol. The number of rotatable bonds is 6. The van der Waals surface area contributed by atoms with E-state index in [2.05, 4.69) is 10.3 Å². The van der Waals surface area contributed by atoms with Crippen LogP contribution in [0.3, 0.4) is 0 Å². The third kappa shape index (κ3) is 3.69. The van der Waals surface area contributed by atoms with Crippen LogP contribution in [-0.4, -0.2) is 31.2 Å². The molecule has 0 unspecified atom stereocenters. The molecular formula is C20H20N2O4. The number of nitrogens with zero attached hydrogens (tertiary/aromatic N) is 1. The van der Waals surface area contributed by atoms with Gasteiger partial charge < -0.3 is 19.5 Å². The van der Waals surface area contributed by atoms with E-state index in [9.17, 15) is 4.79 Å². The highest BCUT2D eigenvalue weighted by atomic mass is 16.5. The van der Waals surface area contributed by atoms with E-state index >= 15 is 0 Å². The molecule has 0 saturated carbocycles. The van der Waals surface area contributed by atoms with Gasteiger partial charge in [0.05, 0.1) is 14.2 Å². The summed E-state index contributed by atoms with van der Waals surface area (Å²) in [7, 11) is 3.10. The minimum atomic E-state index is -0.698. The van der Waals surface area contributed by atoms with Crippen molar-refractivity contribution in [3.63, 3.8) is 0 Å². The van der Waals surface area contributed by atoms with Gasteiger partial charge in [-0.1, -0.05) is 18.2 Å². The van der Waals surface area contributed by atoms with E-state index in [0.717, 1.165) is 10.9 Å². The van der Waals surface area contributed by atoms with Gasteiger partial charge in [0.15, 0.2) is 17.6 Å². The fourth-order valence-electron chi connectivity index (χ4n) is 2.57. The number of carbonyl (C=O) groups is 1. The molecule has 1 atom stereocenters. The smallest absolute Gasteiger partial charge is 0.265 e. The molecule has 134 valence electrons. The first-order valence-corrected chi connectivity index (χ1v) is 8.15. The molecule has 0 saturated heterocycles. The summed E-state index contributed by atoms with van der Waals surface area (Å²) in [6.07, 6.45) is 1.000. The maximum absolute atomic E-state index is 12.5. The van der Waals surface area contributed by atoms with Gasteiger partial charge in [-0.2, -0.15) is 0 Å². The minimum absolute atomic E-state index is 0.273. The number of nitrogens with one attached hydrogen (secondary N) is 1. The lowest BCUT2D eigenvalue weighted by Gasteiger charge is -2.16. The lowest BCUT2D eigenvalue weighted by molar-refractivity contribution is -0.122. The molecule has 0 aliphatic heterocycles. The van der Waals surface area contributed by atoms with Gasteiger partial charge in [-0.05, 0) is 31.2 Å². The van der Waals surface area contributed by atoms with Gasteiger partial charge in [0.1, 0.15) is 11.3 Å². The average molecular weight is 352 g/mol. The van der Waals surface area contributed by atoms with Crippen molar-refractivity contribution in [1.82, 2.24) is 4.98 Å². The molecule has 6 nitrogen and oxygen atoms in total. The SMILES string of the molecule is COc1ccc(NC(=O)[C@@H](C)Oc2cccc3cccnc23)cc1OC. The molecule has 3 rings (SSSR count). The molecule has 0 spiro atoms. The highest BCUT2D eigenvalue weighted by molar-refractivity contribution is 5.95. The first-order valence-electron chi connectivity index (χ1n) is 8.15. The summed E-state index contributed by atoms with van der Waals surface area (Å²) in [5.74, 6) is 1.43. The molecule has 0 radical (unpaired) electrons. The normalized spacial score (nSPS) is 11.7. The van der Waals surface area contributed by atoms with Crippen LogP contribution in [-0.2, 0) is 4.79 Å². The highest BCUT2D eigenvalue weighted by Gasteiger charge is 2.17. The first kappa shape index (κ1) is 17.5. The second-order valence-corrected chi connectivity index (χ2v) is 5.65. The number of aromatic nitrogens is 1. The van der Waals surface area contributed by atoms with Crippen LogP contribution < -0.4 is 19.5 Å². The summed E-state index contributed by atoms with van der Waals surface area (Å²) in [4.78, 5) is 16.8. The number of ether oxygens (including phenoxy) is 3. The molecule has 1 N–H and O–H groups in total. The summed E-state index contributed by atoms with van der Waals surface area (Å²) in [5, 5.41) is 3.77. The Morgan fingerprint density at radius 3 is 2.54 bits per heavy atom. The van der Waals surface area contributed by atoms with Crippen LogP contribution in [0.15, 0.2) is 54.7 Å². The number of pyridine rings is 1. The predicted octanol–water partition coefficient (Wildman–Crippen LogP) is 3.66. The van der Waals surface area contributed by atoms with Crippen molar-refractivity contribution >= 4 is 22.5 Å². The minimum Gasteiger partial charge on any atom is -0.493 e. The number of fused-ring (bicyclic) bond motifs is 1. The summed E-state index contributed by atoms with van der Waals surface area (Å²) < 4.78 is 16.3. The van der Waals surface area contributed by atoms with Gasteiger partial charge in [-0.15, -0.1) is 0 Å². The topological polar surface area (TPSA) is 69.7 Å². The Morgan fingerprint density at radius 1 is 1.00 bits per heavy atom. The number of methoxy groups -OCH3 is 2. The lowest BCUT2D eigenvalue weighted by atomic mass is 10.2. The van der Waals surface area contributed by atoms with E-state index < -0.39 is 6.10 Å². The van der Waals surface area contributed by atoms with Crippen LogP contribution in [0.1, 0.15) is 6.92 Å². The number of benzene rings is 2. The Bertz CT molecular complexity index is 921. The van der Waals surface area contributed by atoms with Crippen LogP contribution in [0.2, 0.25) is 0 Å². The lowest BCUT2D eigenvalue weighted by Crippen LogP contribution is -2.30. The Morgan fingerprint density at radius 2 is 1.77 bits per heavy atom. The van der Waals surface area contributed by atoms with Crippen molar-refractivity contribution < 1.29 is 19.0 Å². The van der Waals surface area contributed by atoms with Crippen LogP contribution >= 0.6 is 0 Å². The molecule has 0 aliphatic rings. The van der Waals surface area contributed by atoms with Crippen LogP contribution in [0.5, 0.6) is 17.2 Å². The summed E-state index contributed by atoms with van der Waals surface area (Å²) >= 11 is 0. The first-order chi connectivity index (χ1) is 12.6. The van der Waals surface area contributed by atoms with Crippen LogP contribution in [0.25, 0.3) is 10.9 Å². The molecule has 0 bridgehead atoms. The standard InChI is InChI=1S/C20H20N2O4/c1-13(26-17-8-4-6-14-7-5-11-21-19(14)17)20(23)22-15-9-10-16(24-2)18(12-15)25-3/h4-13H,1-3H3,(H,22,23)/t13-/m1/s1. The third-order valence-electron chi connectivity index (χ3n) is 3.92. The Labute approximate surface area is 151 Å². The number of hydrogen-bond donors (Lipinski definition) is 1. The molecule has 0 aliphatic carbocycles. The van der Waals surface area contributed by atoms with Crippen LogP contribution in [0.4, 0.5) is 5.69 Å². The second kappa shape index (κ2) is 7.74. The number of carbonyl (C=O) groups excluding carboxylic acids is 1. The zero-order valence-electron chi connectivity index (χ0n) is 14.9. The van der Waals surface area contributed by atoms with Crippen molar-refractivity contribution in [1.29, 1.82) is 0 Å². The molecule has 1 aromatic heterocycles. The fraction of sp³-hybridized carbons (Fsp3) is 0.200. The van der Waals surface area contributed by atoms with E-state index in [4.69, 9.17) is 14.2 Å². The maximum Gasteiger partial charge on any atom is 0.265 e. The maximum atomic E-state index is 12.5. The monoisotopic (exact) mass is 352 g/mol. The number of anilines is 1. The van der Waals surface area contributed by atoms with Crippen molar-refractivity contribution in [3.8, 4) is 17.2 Å². The molecule has 3 aromatic rings. The molecule has 6 heteroatoms. The van der Waals surface area contributed by atoms with Gasteiger partial charge in [0.2, 0.25) is 0 Å². The molecule has 26 heavy (non-hydrogen) atoms. The number of hydrogen-bond acceptors (Lipinski definition) is 5. The van der Waals surface area contributed by atoms with Crippen molar-refractivity contribution in [2.24, 2.45) is 0 Å². The fourth-order valence-corrected chi connectivity index (χ4v) is 2.57. The summed E-state index contributed by atoms with van der Waals surface area (Å²) in [6, 6.07) is 14.6. The summed E-state index contributed by atoms with van der Waals surface area (Å²) in [5.41, 5.74) is 1.32. The van der Waals surface area contributed by atoms with Gasteiger partial charge in [-0.3, -0.25) is 9.78 Å². The van der Waals surface area contributed by atoms with Gasteiger partial charge in [0.25, 0.3) is 5.91 Å². The zero-order valence-corrected chi connectivity index (χ0v) is 14.9. The second-order valence-electron chi connectivity index (χ2n) is 5.65. The van der Waals surface area contributed by atoms with Crippen molar-refractivity contribution in [2.75, 3.05) is 19.5 Å². The van der Waals surface area contributed by atoms with Gasteiger partial charge in [0, 0.05) is 23.3 Å². The Hall–Kier alpha value is -3.28. The van der Waals surface area contributed by atoms with E-state index in [1.165, 1.54) is 0 Å².